The lowest BCUT2D eigenvalue weighted by molar-refractivity contribution is 0.0695. The van der Waals surface area contributed by atoms with Crippen LogP contribution < -0.4 is 10.7 Å². The Kier molecular flexibility index (Phi) is 3.45. The van der Waals surface area contributed by atoms with Crippen molar-refractivity contribution in [2.45, 2.75) is 32.0 Å². The summed E-state index contributed by atoms with van der Waals surface area (Å²) in [4.78, 5) is 24.0. The Hall–Kier alpha value is -2.99. The van der Waals surface area contributed by atoms with Crippen molar-refractivity contribution in [3.8, 4) is 11.1 Å². The Balaban J connectivity index is 1.77. The first-order valence-corrected chi connectivity index (χ1v) is 8.97. The SMILES string of the molecule is O=C(O)c1cn(C2CC2)c2cc(-c3ccc4c(c3)CNC4)c(F)cc2c1=O. The maximum absolute atomic E-state index is 14.9. The van der Waals surface area contributed by atoms with Gasteiger partial charge in [-0.05, 0) is 47.7 Å². The smallest absolute Gasteiger partial charge is 0.341 e. The van der Waals surface area contributed by atoms with E-state index in [1.54, 1.807) is 6.07 Å². The molecule has 0 radical (unpaired) electrons. The van der Waals surface area contributed by atoms with Crippen LogP contribution in [0.2, 0.25) is 0 Å². The number of carbonyl (C=O) groups is 1. The predicted octanol–water partition coefficient (Wildman–Crippen LogP) is 3.44. The molecule has 1 aliphatic heterocycles. The maximum Gasteiger partial charge on any atom is 0.341 e. The monoisotopic (exact) mass is 364 g/mol. The molecule has 6 heteroatoms. The van der Waals surface area contributed by atoms with E-state index in [-0.39, 0.29) is 17.0 Å². The van der Waals surface area contributed by atoms with Crippen molar-refractivity contribution in [3.63, 3.8) is 0 Å². The van der Waals surface area contributed by atoms with Crippen LogP contribution in [0.15, 0.2) is 41.3 Å². The molecule has 2 N–H and O–H groups in total. The highest BCUT2D eigenvalue weighted by molar-refractivity contribution is 5.94. The number of pyridine rings is 1. The minimum Gasteiger partial charge on any atom is -0.477 e. The van der Waals surface area contributed by atoms with Gasteiger partial charge < -0.3 is 15.0 Å². The lowest BCUT2D eigenvalue weighted by Gasteiger charge is -2.14. The van der Waals surface area contributed by atoms with E-state index in [1.165, 1.54) is 17.8 Å². The molecule has 2 heterocycles. The molecule has 0 saturated heterocycles. The molecule has 1 fully saturated rings. The van der Waals surface area contributed by atoms with Gasteiger partial charge in [0.25, 0.3) is 0 Å². The number of aromatic nitrogens is 1. The number of nitrogens with one attached hydrogen (secondary N) is 1. The van der Waals surface area contributed by atoms with Crippen LogP contribution in [0.25, 0.3) is 22.0 Å². The minimum atomic E-state index is -1.29. The predicted molar refractivity (Wildman–Crippen MR) is 99.4 cm³/mol. The Morgan fingerprint density at radius 3 is 2.67 bits per heavy atom. The van der Waals surface area contributed by atoms with Gasteiger partial charge in [0.15, 0.2) is 0 Å². The van der Waals surface area contributed by atoms with Gasteiger partial charge >= 0.3 is 5.97 Å². The standard InChI is InChI=1S/C21H17FN2O3/c22-18-6-16-19(24(14-3-4-14)10-17(20(16)25)21(26)27)7-15(18)11-1-2-12-8-23-9-13(12)5-11/h1-2,5-7,10,14,23H,3-4,8-9H2,(H,26,27). The third-order valence-corrected chi connectivity index (χ3v) is 5.44. The zero-order valence-corrected chi connectivity index (χ0v) is 14.5. The number of carboxylic acid groups (broad SMARTS) is 1. The van der Waals surface area contributed by atoms with Gasteiger partial charge in [-0.2, -0.15) is 0 Å². The van der Waals surface area contributed by atoms with Gasteiger partial charge in [0.2, 0.25) is 5.43 Å². The lowest BCUT2D eigenvalue weighted by Crippen LogP contribution is -2.19. The molecule has 1 aliphatic carbocycles. The Morgan fingerprint density at radius 1 is 1.15 bits per heavy atom. The quantitative estimate of drug-likeness (QED) is 0.747. The number of nitrogens with zero attached hydrogens (tertiary/aromatic N) is 1. The number of hydrogen-bond acceptors (Lipinski definition) is 3. The molecule has 0 atom stereocenters. The van der Waals surface area contributed by atoms with Crippen molar-refractivity contribution in [3.05, 3.63) is 69.3 Å². The largest absolute Gasteiger partial charge is 0.477 e. The van der Waals surface area contributed by atoms with Gasteiger partial charge in [-0.15, -0.1) is 0 Å². The van der Waals surface area contributed by atoms with E-state index in [0.29, 0.717) is 11.1 Å². The summed E-state index contributed by atoms with van der Waals surface area (Å²) in [6.07, 6.45) is 3.25. The van der Waals surface area contributed by atoms with E-state index in [4.69, 9.17) is 0 Å². The third-order valence-electron chi connectivity index (χ3n) is 5.44. The second kappa shape index (κ2) is 5.76. The molecule has 0 unspecified atom stereocenters. The topological polar surface area (TPSA) is 71.3 Å². The number of carboxylic acids is 1. The summed E-state index contributed by atoms with van der Waals surface area (Å²) in [7, 11) is 0. The van der Waals surface area contributed by atoms with Crippen LogP contribution in [0, 0.1) is 5.82 Å². The first-order valence-electron chi connectivity index (χ1n) is 8.97. The van der Waals surface area contributed by atoms with Crippen LogP contribution in [0.1, 0.15) is 40.4 Å². The summed E-state index contributed by atoms with van der Waals surface area (Å²) in [5.41, 5.74) is 3.17. The first-order chi connectivity index (χ1) is 13.0. The van der Waals surface area contributed by atoms with E-state index in [0.717, 1.165) is 37.1 Å². The third kappa shape index (κ3) is 2.56. The van der Waals surface area contributed by atoms with Crippen LogP contribution in [-0.4, -0.2) is 15.6 Å². The van der Waals surface area contributed by atoms with Crippen LogP contribution in [0.3, 0.4) is 0 Å². The molecular weight excluding hydrogens is 347 g/mol. The highest BCUT2D eigenvalue weighted by atomic mass is 19.1. The van der Waals surface area contributed by atoms with Crippen molar-refractivity contribution < 1.29 is 14.3 Å². The van der Waals surface area contributed by atoms with Crippen LogP contribution in [0.4, 0.5) is 4.39 Å². The molecule has 1 saturated carbocycles. The summed E-state index contributed by atoms with van der Waals surface area (Å²) in [5, 5.41) is 12.7. The average Bonchev–Trinajstić information content (AvgIpc) is 3.38. The second-order valence-electron chi connectivity index (χ2n) is 7.25. The number of benzene rings is 2. The number of fused-ring (bicyclic) bond motifs is 2. The van der Waals surface area contributed by atoms with Gasteiger partial charge in [-0.3, -0.25) is 4.79 Å². The van der Waals surface area contributed by atoms with Gasteiger partial charge in [-0.25, -0.2) is 9.18 Å². The first kappa shape index (κ1) is 16.2. The van der Waals surface area contributed by atoms with Crippen LogP contribution >= 0.6 is 0 Å². The van der Waals surface area contributed by atoms with Crippen molar-refractivity contribution >= 4 is 16.9 Å². The molecule has 0 spiro atoms. The normalized spacial score (nSPS) is 15.9. The Morgan fingerprint density at radius 2 is 1.93 bits per heavy atom. The summed E-state index contributed by atoms with van der Waals surface area (Å²) in [5.74, 6) is -1.80. The van der Waals surface area contributed by atoms with Gasteiger partial charge in [-0.1, -0.05) is 12.1 Å². The highest BCUT2D eigenvalue weighted by Crippen LogP contribution is 2.38. The zero-order valence-electron chi connectivity index (χ0n) is 14.5. The van der Waals surface area contributed by atoms with Crippen molar-refractivity contribution in [2.24, 2.45) is 0 Å². The van der Waals surface area contributed by atoms with Crippen LogP contribution in [0.5, 0.6) is 0 Å². The minimum absolute atomic E-state index is 0.117. The molecule has 1 aromatic heterocycles. The molecule has 27 heavy (non-hydrogen) atoms. The molecule has 5 rings (SSSR count). The number of rotatable bonds is 3. The number of hydrogen-bond donors (Lipinski definition) is 2. The van der Waals surface area contributed by atoms with Gasteiger partial charge in [0.05, 0.1) is 5.52 Å². The van der Waals surface area contributed by atoms with Crippen molar-refractivity contribution in [1.29, 1.82) is 0 Å². The van der Waals surface area contributed by atoms with E-state index >= 15 is 0 Å². The van der Waals surface area contributed by atoms with E-state index in [2.05, 4.69) is 5.32 Å². The summed E-state index contributed by atoms with van der Waals surface area (Å²) in [6.45, 7) is 1.57. The fourth-order valence-electron chi connectivity index (χ4n) is 3.86. The van der Waals surface area contributed by atoms with Crippen molar-refractivity contribution in [2.75, 3.05) is 0 Å². The fourth-order valence-corrected chi connectivity index (χ4v) is 3.86. The summed E-state index contributed by atoms with van der Waals surface area (Å²) < 4.78 is 16.7. The summed E-state index contributed by atoms with van der Waals surface area (Å²) >= 11 is 0. The fraction of sp³-hybridized carbons (Fsp3) is 0.238. The molecule has 3 aromatic rings. The molecule has 0 amide bonds. The molecule has 5 nitrogen and oxygen atoms in total. The molecule has 2 aromatic carbocycles. The van der Waals surface area contributed by atoms with E-state index < -0.39 is 17.2 Å². The molecule has 136 valence electrons. The number of halogens is 1. The van der Waals surface area contributed by atoms with Crippen LogP contribution in [-0.2, 0) is 13.1 Å². The molecular formula is C21H17FN2O3. The Bertz CT molecular complexity index is 1180. The summed E-state index contributed by atoms with van der Waals surface area (Å²) in [6, 6.07) is 8.89. The van der Waals surface area contributed by atoms with Gasteiger partial charge in [0, 0.05) is 36.3 Å². The Labute approximate surface area is 154 Å². The average molecular weight is 364 g/mol. The zero-order chi connectivity index (χ0) is 18.7. The maximum atomic E-state index is 14.9. The lowest BCUT2D eigenvalue weighted by atomic mass is 9.98. The van der Waals surface area contributed by atoms with Gasteiger partial charge in [0.1, 0.15) is 11.4 Å². The van der Waals surface area contributed by atoms with E-state index in [9.17, 15) is 19.1 Å². The molecule has 0 bridgehead atoms. The van der Waals surface area contributed by atoms with Crippen molar-refractivity contribution in [1.82, 2.24) is 9.88 Å². The number of aromatic carboxylic acids is 1. The molecule has 2 aliphatic rings. The van der Waals surface area contributed by atoms with E-state index in [1.807, 2.05) is 22.8 Å². The second-order valence-corrected chi connectivity index (χ2v) is 7.25. The highest BCUT2D eigenvalue weighted by Gasteiger charge is 2.27.